The molecule has 0 saturated heterocycles. The van der Waals surface area contributed by atoms with Crippen molar-refractivity contribution in [3.8, 4) is 0 Å². The van der Waals surface area contributed by atoms with Crippen molar-refractivity contribution in [1.82, 2.24) is 0 Å². The van der Waals surface area contributed by atoms with Gasteiger partial charge >= 0.3 is 0 Å². The van der Waals surface area contributed by atoms with Crippen LogP contribution in [0.15, 0.2) is 24.3 Å². The number of nitrogens with two attached hydrogens (primary N) is 1. The first kappa shape index (κ1) is 16.4. The molecule has 0 aliphatic heterocycles. The molecule has 0 aliphatic carbocycles. The number of hydrogen-bond donors (Lipinski definition) is 3. The molecule has 0 aromatic heterocycles. The van der Waals surface area contributed by atoms with Gasteiger partial charge in [-0.25, -0.2) is 5.14 Å². The molecule has 0 unspecified atom stereocenters. The average molecular weight is 301 g/mol. The molecule has 1 amide bonds. The monoisotopic (exact) mass is 301 g/mol. The number of benzene rings is 1. The maximum Gasteiger partial charge on any atom is 0.296 e. The molecule has 112 valence electrons. The number of rotatable bonds is 8. The zero-order chi connectivity index (χ0) is 15.0. The quantitative estimate of drug-likeness (QED) is 0.623. The van der Waals surface area contributed by atoms with Crippen molar-refractivity contribution in [2.75, 3.05) is 23.3 Å². The summed E-state index contributed by atoms with van der Waals surface area (Å²) in [5.74, 6) is -0.155. The van der Waals surface area contributed by atoms with Crippen LogP contribution in [0.2, 0.25) is 0 Å². The number of hydrogen-bond acceptors (Lipinski definition) is 4. The molecule has 0 atom stereocenters. The molecule has 7 nitrogen and oxygen atoms in total. The zero-order valence-corrected chi connectivity index (χ0v) is 12.1. The van der Waals surface area contributed by atoms with Crippen LogP contribution in [-0.4, -0.2) is 27.5 Å². The molecule has 4 N–H and O–H groups in total. The molecule has 0 aliphatic rings. The highest BCUT2D eigenvalue weighted by atomic mass is 32.2. The van der Waals surface area contributed by atoms with Gasteiger partial charge in [0.25, 0.3) is 10.2 Å². The van der Waals surface area contributed by atoms with Crippen molar-refractivity contribution in [1.29, 1.82) is 0 Å². The summed E-state index contributed by atoms with van der Waals surface area (Å²) in [5.41, 5.74) is 0.791. The van der Waals surface area contributed by atoms with Crippen LogP contribution >= 0.6 is 0 Å². The summed E-state index contributed by atoms with van der Waals surface area (Å²) in [5, 5.41) is 7.55. The van der Waals surface area contributed by atoms with E-state index in [0.717, 1.165) is 0 Å². The Morgan fingerprint density at radius 3 is 2.70 bits per heavy atom. The third kappa shape index (κ3) is 7.07. The Morgan fingerprint density at radius 2 is 2.05 bits per heavy atom. The van der Waals surface area contributed by atoms with Crippen LogP contribution in [0.1, 0.15) is 19.8 Å². The van der Waals surface area contributed by atoms with Gasteiger partial charge in [-0.15, -0.1) is 0 Å². The van der Waals surface area contributed by atoms with E-state index in [-0.39, 0.29) is 5.91 Å². The third-order valence-electron chi connectivity index (χ3n) is 2.30. The van der Waals surface area contributed by atoms with Gasteiger partial charge in [0, 0.05) is 25.3 Å². The van der Waals surface area contributed by atoms with Gasteiger partial charge < -0.3 is 10.1 Å². The molecular formula is C12H19N3O4S. The maximum atomic E-state index is 11.6. The lowest BCUT2D eigenvalue weighted by Gasteiger charge is -2.08. The van der Waals surface area contributed by atoms with Crippen LogP contribution in [0.3, 0.4) is 0 Å². The number of carbonyl (C=O) groups is 1. The molecular weight excluding hydrogens is 282 g/mol. The fourth-order valence-corrected chi connectivity index (χ4v) is 1.98. The fourth-order valence-electron chi connectivity index (χ4n) is 1.53. The van der Waals surface area contributed by atoms with Crippen LogP contribution in [-0.2, 0) is 19.7 Å². The lowest BCUT2D eigenvalue weighted by atomic mass is 10.2. The van der Waals surface area contributed by atoms with Crippen molar-refractivity contribution in [3.05, 3.63) is 24.3 Å². The minimum Gasteiger partial charge on any atom is -0.382 e. The first-order valence-corrected chi connectivity index (χ1v) is 7.73. The standard InChI is InChI=1S/C12H19N3O4S/c1-2-19-8-4-7-12(16)14-10-5-3-6-11(9-10)15-20(13,17)18/h3,5-6,9,15H,2,4,7-8H2,1H3,(H,14,16)(H2,13,17,18). The van der Waals surface area contributed by atoms with E-state index in [1.54, 1.807) is 12.1 Å². The van der Waals surface area contributed by atoms with Gasteiger partial charge in [-0.1, -0.05) is 6.07 Å². The minimum absolute atomic E-state index is 0.155. The van der Waals surface area contributed by atoms with Gasteiger partial charge in [0.05, 0.1) is 5.69 Å². The highest BCUT2D eigenvalue weighted by molar-refractivity contribution is 7.90. The summed E-state index contributed by atoms with van der Waals surface area (Å²) >= 11 is 0. The number of anilines is 2. The predicted molar refractivity (Wildman–Crippen MR) is 77.5 cm³/mol. The highest BCUT2D eigenvalue weighted by Crippen LogP contribution is 2.16. The number of amides is 1. The Labute approximate surface area is 118 Å². The van der Waals surface area contributed by atoms with E-state index in [1.807, 2.05) is 6.92 Å². The summed E-state index contributed by atoms with van der Waals surface area (Å²) in [4.78, 5) is 11.6. The van der Waals surface area contributed by atoms with Gasteiger partial charge in [-0.2, -0.15) is 8.42 Å². The van der Waals surface area contributed by atoms with Crippen LogP contribution in [0.4, 0.5) is 11.4 Å². The Hall–Kier alpha value is -1.64. The second-order valence-corrected chi connectivity index (χ2v) is 5.37. The maximum absolute atomic E-state index is 11.6. The molecule has 8 heteroatoms. The second kappa shape index (κ2) is 7.83. The van der Waals surface area contributed by atoms with Gasteiger partial charge in [0.2, 0.25) is 5.91 Å². The molecule has 1 aromatic carbocycles. The van der Waals surface area contributed by atoms with Gasteiger partial charge in [-0.3, -0.25) is 9.52 Å². The first-order valence-electron chi connectivity index (χ1n) is 6.19. The van der Waals surface area contributed by atoms with Crippen LogP contribution in [0.5, 0.6) is 0 Å². The minimum atomic E-state index is -3.82. The van der Waals surface area contributed by atoms with Gasteiger partial charge in [0.1, 0.15) is 0 Å². The Kier molecular flexibility index (Phi) is 6.43. The van der Waals surface area contributed by atoms with E-state index in [2.05, 4.69) is 10.0 Å². The Morgan fingerprint density at radius 1 is 1.35 bits per heavy atom. The van der Waals surface area contributed by atoms with Crippen molar-refractivity contribution >= 4 is 27.5 Å². The van der Waals surface area contributed by atoms with Crippen LogP contribution < -0.4 is 15.2 Å². The van der Waals surface area contributed by atoms with E-state index in [9.17, 15) is 13.2 Å². The Bertz CT molecular complexity index is 545. The molecule has 20 heavy (non-hydrogen) atoms. The smallest absolute Gasteiger partial charge is 0.296 e. The largest absolute Gasteiger partial charge is 0.382 e. The van der Waals surface area contributed by atoms with Crippen LogP contribution in [0, 0.1) is 0 Å². The molecule has 0 heterocycles. The fraction of sp³-hybridized carbons (Fsp3) is 0.417. The van der Waals surface area contributed by atoms with Crippen molar-refractivity contribution < 1.29 is 17.9 Å². The summed E-state index contributed by atoms with van der Waals surface area (Å²) in [6.45, 7) is 3.06. The first-order chi connectivity index (χ1) is 9.40. The van der Waals surface area contributed by atoms with Crippen LogP contribution in [0.25, 0.3) is 0 Å². The summed E-state index contributed by atoms with van der Waals surface area (Å²) in [7, 11) is -3.82. The second-order valence-electron chi connectivity index (χ2n) is 4.08. The van der Waals surface area contributed by atoms with Crippen molar-refractivity contribution in [2.24, 2.45) is 5.14 Å². The number of nitrogens with one attached hydrogen (secondary N) is 2. The van der Waals surface area contributed by atoms with E-state index in [0.29, 0.717) is 37.4 Å². The Balaban J connectivity index is 2.51. The number of ether oxygens (including phenoxy) is 1. The lowest BCUT2D eigenvalue weighted by Crippen LogP contribution is -2.21. The lowest BCUT2D eigenvalue weighted by molar-refractivity contribution is -0.116. The topological polar surface area (TPSA) is 111 Å². The molecule has 0 bridgehead atoms. The number of carbonyl (C=O) groups excluding carboxylic acids is 1. The van der Waals surface area contributed by atoms with Crippen molar-refractivity contribution in [3.63, 3.8) is 0 Å². The molecule has 1 rings (SSSR count). The molecule has 0 fully saturated rings. The van der Waals surface area contributed by atoms with E-state index in [4.69, 9.17) is 9.88 Å². The molecule has 0 saturated carbocycles. The van der Waals surface area contributed by atoms with Crippen molar-refractivity contribution in [2.45, 2.75) is 19.8 Å². The SMILES string of the molecule is CCOCCCC(=O)Nc1cccc(NS(N)(=O)=O)c1. The van der Waals surface area contributed by atoms with E-state index >= 15 is 0 Å². The summed E-state index contributed by atoms with van der Waals surface area (Å²) in [6, 6.07) is 6.30. The predicted octanol–water partition coefficient (Wildman–Crippen LogP) is 1.06. The van der Waals surface area contributed by atoms with E-state index in [1.165, 1.54) is 12.1 Å². The summed E-state index contributed by atoms with van der Waals surface area (Å²) in [6.07, 6.45) is 0.974. The van der Waals surface area contributed by atoms with E-state index < -0.39 is 10.2 Å². The van der Waals surface area contributed by atoms with Gasteiger partial charge in [-0.05, 0) is 31.5 Å². The normalized spacial score (nSPS) is 11.1. The highest BCUT2D eigenvalue weighted by Gasteiger charge is 2.05. The molecule has 0 radical (unpaired) electrons. The summed E-state index contributed by atoms with van der Waals surface area (Å²) < 4.78 is 29.1. The zero-order valence-electron chi connectivity index (χ0n) is 11.3. The van der Waals surface area contributed by atoms with Gasteiger partial charge in [0.15, 0.2) is 0 Å². The molecule has 1 aromatic rings. The molecule has 0 spiro atoms. The average Bonchev–Trinajstić information content (AvgIpc) is 2.33. The third-order valence-corrected chi connectivity index (χ3v) is 2.82.